The topological polar surface area (TPSA) is 131 Å². The zero-order valence-electron chi connectivity index (χ0n) is 22.2. The van der Waals surface area contributed by atoms with Gasteiger partial charge in [0.1, 0.15) is 17.6 Å². The molecule has 10 heteroatoms. The Morgan fingerprint density at radius 2 is 2.05 bits per heavy atom. The molecule has 198 valence electrons. The van der Waals surface area contributed by atoms with Crippen molar-refractivity contribution in [1.82, 2.24) is 20.5 Å². The summed E-state index contributed by atoms with van der Waals surface area (Å²) >= 11 is 0. The average molecular weight is 508 g/mol. The van der Waals surface area contributed by atoms with Gasteiger partial charge in [-0.1, -0.05) is 20.8 Å². The molecule has 1 aromatic heterocycles. The number of likely N-dealkylation sites (N-methyl/N-ethyl adjacent to an activating group) is 1. The molecule has 37 heavy (non-hydrogen) atoms. The van der Waals surface area contributed by atoms with Crippen molar-refractivity contribution < 1.29 is 14.4 Å². The second kappa shape index (κ2) is 14.7. The Balaban J connectivity index is 2.30. The Morgan fingerprint density at radius 3 is 2.70 bits per heavy atom. The molecular formula is C27H37N7O3. The number of nitrogens with one attached hydrogen (secondary N) is 2. The number of anilines is 1. The minimum absolute atomic E-state index is 0.0780. The van der Waals surface area contributed by atoms with Crippen molar-refractivity contribution in [3.05, 3.63) is 46.9 Å². The second-order valence-corrected chi connectivity index (χ2v) is 10.1. The molecular weight excluding hydrogens is 470 g/mol. The second-order valence-electron chi connectivity index (χ2n) is 10.1. The number of aldehydes is 1. The molecule has 2 rings (SSSR count). The van der Waals surface area contributed by atoms with Gasteiger partial charge in [-0.05, 0) is 55.0 Å². The van der Waals surface area contributed by atoms with Crippen molar-refractivity contribution in [2.75, 3.05) is 44.7 Å². The molecule has 0 radical (unpaired) electrons. The molecule has 2 heterocycles. The van der Waals surface area contributed by atoms with E-state index in [9.17, 15) is 19.6 Å². The molecule has 2 amide bonds. The van der Waals surface area contributed by atoms with Crippen molar-refractivity contribution in [3.8, 4) is 6.07 Å². The Labute approximate surface area is 219 Å². The first-order valence-electron chi connectivity index (χ1n) is 12.4. The lowest BCUT2D eigenvalue weighted by Gasteiger charge is -2.28. The molecule has 0 aliphatic carbocycles. The van der Waals surface area contributed by atoms with E-state index in [1.165, 1.54) is 6.20 Å². The summed E-state index contributed by atoms with van der Waals surface area (Å²) in [5.74, 6) is 0.723. The maximum atomic E-state index is 11.9. The summed E-state index contributed by atoms with van der Waals surface area (Å²) < 4.78 is 0. The molecule has 0 aromatic carbocycles. The van der Waals surface area contributed by atoms with Crippen LogP contribution in [0.2, 0.25) is 0 Å². The summed E-state index contributed by atoms with van der Waals surface area (Å²) in [7, 11) is 1.97. The van der Waals surface area contributed by atoms with Gasteiger partial charge in [-0.25, -0.2) is 4.98 Å². The maximum Gasteiger partial charge on any atom is 0.211 e. The number of amides is 2. The fourth-order valence-electron chi connectivity index (χ4n) is 3.76. The largest absolute Gasteiger partial charge is 0.357 e. The summed E-state index contributed by atoms with van der Waals surface area (Å²) in [6.45, 7) is 9.40. The van der Waals surface area contributed by atoms with Crippen molar-refractivity contribution in [3.63, 3.8) is 0 Å². The van der Waals surface area contributed by atoms with Gasteiger partial charge < -0.3 is 20.4 Å². The van der Waals surface area contributed by atoms with Gasteiger partial charge in [0, 0.05) is 45.1 Å². The van der Waals surface area contributed by atoms with Gasteiger partial charge >= 0.3 is 0 Å². The average Bonchev–Trinajstić information content (AvgIpc) is 2.87. The molecule has 0 atom stereocenters. The lowest BCUT2D eigenvalue weighted by Crippen LogP contribution is -2.30. The van der Waals surface area contributed by atoms with Crippen LogP contribution in [0.25, 0.3) is 0 Å². The van der Waals surface area contributed by atoms with Crippen molar-refractivity contribution >= 4 is 30.6 Å². The van der Waals surface area contributed by atoms with Crippen LogP contribution in [-0.2, 0) is 22.4 Å². The number of aromatic nitrogens is 1. The molecule has 1 aromatic rings. The van der Waals surface area contributed by atoms with Crippen LogP contribution in [0.3, 0.4) is 0 Å². The number of allylic oxidation sites excluding steroid dienone is 2. The molecule has 1 aliphatic rings. The summed E-state index contributed by atoms with van der Waals surface area (Å²) in [4.78, 5) is 46.5. The standard InChI is InChI=1S/C27H37N7O3/c1-27(2,3)18-31-24(23(15-28)16-30-20-37)8-12-34-10-5-6-22-14-21(25(17-35)32-26(22)34)7-11-33(4)13-9-29-19-36/h8,12,14,16-17,19-20H,5-7,9-11,13,18H2,1-4H3,(H,29,36)(H,30,37)/b12-8+,23-16?,31-24?. The van der Waals surface area contributed by atoms with Gasteiger partial charge in [-0.15, -0.1) is 0 Å². The lowest BCUT2D eigenvalue weighted by atomic mass is 9.97. The Kier molecular flexibility index (Phi) is 11.6. The quantitative estimate of drug-likeness (QED) is 0.170. The fraction of sp³-hybridized carbons (Fsp3) is 0.481. The Hall–Kier alpha value is -3.84. The van der Waals surface area contributed by atoms with Crippen LogP contribution >= 0.6 is 0 Å². The van der Waals surface area contributed by atoms with Crippen LogP contribution < -0.4 is 15.5 Å². The lowest BCUT2D eigenvalue weighted by molar-refractivity contribution is -0.110. The summed E-state index contributed by atoms with van der Waals surface area (Å²) in [5, 5.41) is 14.7. The van der Waals surface area contributed by atoms with Gasteiger partial charge in [0.05, 0.1) is 11.3 Å². The molecule has 0 saturated heterocycles. The smallest absolute Gasteiger partial charge is 0.211 e. The van der Waals surface area contributed by atoms with Crippen LogP contribution in [-0.4, -0.2) is 74.5 Å². The number of pyridine rings is 1. The highest BCUT2D eigenvalue weighted by atomic mass is 16.1. The normalized spacial score (nSPS) is 14.3. The fourth-order valence-corrected chi connectivity index (χ4v) is 3.76. The summed E-state index contributed by atoms with van der Waals surface area (Å²) in [6.07, 6.45) is 9.35. The van der Waals surface area contributed by atoms with Crippen molar-refractivity contribution in [2.24, 2.45) is 10.4 Å². The highest BCUT2D eigenvalue weighted by molar-refractivity contribution is 6.11. The minimum atomic E-state index is -0.0780. The minimum Gasteiger partial charge on any atom is -0.357 e. The van der Waals surface area contributed by atoms with E-state index < -0.39 is 0 Å². The van der Waals surface area contributed by atoms with E-state index in [-0.39, 0.29) is 11.0 Å². The van der Waals surface area contributed by atoms with Crippen LogP contribution in [0.15, 0.2) is 35.1 Å². The predicted molar refractivity (Wildman–Crippen MR) is 144 cm³/mol. The predicted octanol–water partition coefficient (Wildman–Crippen LogP) is 2.02. The van der Waals surface area contributed by atoms with E-state index in [1.54, 1.807) is 6.08 Å². The first kappa shape index (κ1) is 29.4. The number of aliphatic imine (C=N–C) groups is 1. The SMILES string of the molecule is CN(CCNC=O)CCc1cc2c(nc1C=O)N(/C=C/C(=NCC(C)(C)C)C(C#N)=CNC=O)CCC2. The molecule has 0 saturated carbocycles. The number of aryl methyl sites for hydroxylation is 1. The third-order valence-corrected chi connectivity index (χ3v) is 5.73. The highest BCUT2D eigenvalue weighted by Crippen LogP contribution is 2.28. The number of carbonyl (C=O) groups is 3. The maximum absolute atomic E-state index is 11.9. The number of nitriles is 1. The number of nitrogens with zero attached hydrogens (tertiary/aromatic N) is 5. The zero-order valence-corrected chi connectivity index (χ0v) is 22.2. The van der Waals surface area contributed by atoms with Gasteiger partial charge in [-0.3, -0.25) is 19.4 Å². The van der Waals surface area contributed by atoms with E-state index in [0.29, 0.717) is 56.8 Å². The number of hydrogen-bond acceptors (Lipinski definition) is 8. The highest BCUT2D eigenvalue weighted by Gasteiger charge is 2.20. The van der Waals surface area contributed by atoms with Crippen LogP contribution in [0.5, 0.6) is 0 Å². The van der Waals surface area contributed by atoms with E-state index in [1.807, 2.05) is 18.1 Å². The van der Waals surface area contributed by atoms with E-state index in [4.69, 9.17) is 4.98 Å². The molecule has 0 bridgehead atoms. The number of hydrogen-bond donors (Lipinski definition) is 2. The zero-order chi connectivity index (χ0) is 27.3. The Morgan fingerprint density at radius 1 is 1.27 bits per heavy atom. The van der Waals surface area contributed by atoms with Gasteiger partial charge in [0.2, 0.25) is 12.8 Å². The molecule has 0 fully saturated rings. The molecule has 10 nitrogen and oxygen atoms in total. The van der Waals surface area contributed by atoms with E-state index in [2.05, 4.69) is 53.4 Å². The number of rotatable bonds is 14. The van der Waals surface area contributed by atoms with E-state index in [0.717, 1.165) is 42.6 Å². The molecule has 0 unspecified atom stereocenters. The molecule has 2 N–H and O–H groups in total. The van der Waals surface area contributed by atoms with Crippen LogP contribution in [0.4, 0.5) is 5.82 Å². The first-order valence-corrected chi connectivity index (χ1v) is 12.4. The monoisotopic (exact) mass is 507 g/mol. The van der Waals surface area contributed by atoms with Gasteiger partial charge in [-0.2, -0.15) is 5.26 Å². The third kappa shape index (κ3) is 9.61. The summed E-state index contributed by atoms with van der Waals surface area (Å²) in [5.41, 5.74) is 3.00. The van der Waals surface area contributed by atoms with Gasteiger partial charge in [0.25, 0.3) is 0 Å². The molecule has 0 spiro atoms. The van der Waals surface area contributed by atoms with Crippen LogP contribution in [0.1, 0.15) is 48.8 Å². The van der Waals surface area contributed by atoms with Crippen molar-refractivity contribution in [1.29, 1.82) is 5.26 Å². The third-order valence-electron chi connectivity index (χ3n) is 5.73. The van der Waals surface area contributed by atoms with E-state index >= 15 is 0 Å². The number of fused-ring (bicyclic) bond motifs is 1. The number of carbonyl (C=O) groups excluding carboxylic acids is 3. The summed E-state index contributed by atoms with van der Waals surface area (Å²) in [6, 6.07) is 4.16. The first-order chi connectivity index (χ1) is 17.7. The Bertz CT molecular complexity index is 1080. The van der Waals surface area contributed by atoms with Crippen LogP contribution in [0, 0.1) is 16.7 Å². The van der Waals surface area contributed by atoms with Gasteiger partial charge in [0.15, 0.2) is 6.29 Å². The van der Waals surface area contributed by atoms with Crippen molar-refractivity contribution in [2.45, 2.75) is 40.0 Å². The molecule has 1 aliphatic heterocycles.